The summed E-state index contributed by atoms with van der Waals surface area (Å²) in [5, 5.41) is 23.7. The molecule has 2 aromatic rings. The fraction of sp³-hybridized carbons (Fsp3) is 0.429. The Hall–Kier alpha value is -2.32. The van der Waals surface area contributed by atoms with Crippen molar-refractivity contribution in [3.8, 4) is 0 Å². The quantitative estimate of drug-likeness (QED) is 0.620. The van der Waals surface area contributed by atoms with Crippen molar-refractivity contribution < 1.29 is 19.7 Å². The summed E-state index contributed by atoms with van der Waals surface area (Å²) in [6.45, 7) is 1.38. The van der Waals surface area contributed by atoms with Crippen LogP contribution in [0.15, 0.2) is 54.7 Å². The molecule has 3 N–H and O–H groups in total. The number of hydrogen-bond acceptors (Lipinski definition) is 6. The van der Waals surface area contributed by atoms with Gasteiger partial charge in [-0.15, -0.1) is 0 Å². The van der Waals surface area contributed by atoms with Gasteiger partial charge in [0.1, 0.15) is 12.2 Å². The van der Waals surface area contributed by atoms with Gasteiger partial charge < -0.3 is 25.2 Å². The number of rotatable bonds is 8. The van der Waals surface area contributed by atoms with Crippen molar-refractivity contribution in [2.45, 2.75) is 43.9 Å². The third-order valence-corrected chi connectivity index (χ3v) is 4.90. The normalized spacial score (nSPS) is 24.2. The molecule has 1 aromatic heterocycles. The highest BCUT2D eigenvalue weighted by atomic mass is 16.5. The Labute approximate surface area is 165 Å². The highest BCUT2D eigenvalue weighted by Crippen LogP contribution is 2.24. The van der Waals surface area contributed by atoms with Gasteiger partial charge in [0.2, 0.25) is 5.91 Å². The summed E-state index contributed by atoms with van der Waals surface area (Å²) < 4.78 is 5.76. The number of aliphatic hydroxyl groups is 2. The Kier molecular flexibility index (Phi) is 7.11. The topological polar surface area (TPSA) is 94.9 Å². The van der Waals surface area contributed by atoms with Gasteiger partial charge in [-0.25, -0.2) is 0 Å². The summed E-state index contributed by atoms with van der Waals surface area (Å²) in [5.74, 6) is -0.137. The first kappa shape index (κ1) is 20.4. The first-order valence-corrected chi connectivity index (χ1v) is 9.44. The Bertz CT molecular complexity index is 744. The molecule has 1 amide bonds. The van der Waals surface area contributed by atoms with Crippen LogP contribution in [-0.4, -0.2) is 64.0 Å². The molecule has 1 aliphatic heterocycles. The molecule has 1 aliphatic rings. The monoisotopic (exact) mass is 385 g/mol. The van der Waals surface area contributed by atoms with Gasteiger partial charge in [0, 0.05) is 32.9 Å². The maximum Gasteiger partial charge on any atom is 0.225 e. The average molecular weight is 385 g/mol. The summed E-state index contributed by atoms with van der Waals surface area (Å²) in [6, 6.07) is 15.3. The molecule has 28 heavy (non-hydrogen) atoms. The second-order valence-corrected chi connectivity index (χ2v) is 7.09. The standard InChI is InChI=1S/C21H27N3O4/c1-24(14-15-7-3-2-4-8-15)19(25)11-17-20(26)21(27)18(28-17)13-22-12-16-9-5-6-10-23-16/h2-10,17-18,20-22,26-27H,11-14H2,1H3. The molecular weight excluding hydrogens is 358 g/mol. The molecule has 1 fully saturated rings. The van der Waals surface area contributed by atoms with Crippen LogP contribution in [0.25, 0.3) is 0 Å². The predicted octanol–water partition coefficient (Wildman–Crippen LogP) is 0.709. The van der Waals surface area contributed by atoms with Crippen LogP contribution in [0.4, 0.5) is 0 Å². The fourth-order valence-corrected chi connectivity index (χ4v) is 3.28. The molecule has 7 nitrogen and oxygen atoms in total. The highest BCUT2D eigenvalue weighted by Gasteiger charge is 2.43. The number of pyridine rings is 1. The number of aliphatic hydroxyl groups excluding tert-OH is 2. The molecule has 1 saturated heterocycles. The van der Waals surface area contributed by atoms with Crippen molar-refractivity contribution in [3.05, 3.63) is 66.0 Å². The maximum absolute atomic E-state index is 12.5. The lowest BCUT2D eigenvalue weighted by atomic mass is 10.0. The van der Waals surface area contributed by atoms with Gasteiger partial charge in [-0.3, -0.25) is 9.78 Å². The van der Waals surface area contributed by atoms with Crippen molar-refractivity contribution in [3.63, 3.8) is 0 Å². The number of carbonyl (C=O) groups is 1. The van der Waals surface area contributed by atoms with Crippen molar-refractivity contribution >= 4 is 5.91 Å². The Morgan fingerprint density at radius 3 is 2.54 bits per heavy atom. The van der Waals surface area contributed by atoms with Crippen molar-refractivity contribution in [1.82, 2.24) is 15.2 Å². The number of amides is 1. The van der Waals surface area contributed by atoms with E-state index in [-0.39, 0.29) is 12.3 Å². The third-order valence-electron chi connectivity index (χ3n) is 4.90. The van der Waals surface area contributed by atoms with Gasteiger partial charge >= 0.3 is 0 Å². The van der Waals surface area contributed by atoms with Crippen molar-refractivity contribution in [1.29, 1.82) is 0 Å². The molecule has 4 atom stereocenters. The van der Waals surface area contributed by atoms with E-state index in [0.717, 1.165) is 11.3 Å². The van der Waals surface area contributed by atoms with Crippen molar-refractivity contribution in [2.24, 2.45) is 0 Å². The molecule has 1 aromatic carbocycles. The smallest absolute Gasteiger partial charge is 0.225 e. The number of carbonyl (C=O) groups excluding carboxylic acids is 1. The Balaban J connectivity index is 1.47. The second kappa shape index (κ2) is 9.75. The van der Waals surface area contributed by atoms with Crippen LogP contribution in [0.2, 0.25) is 0 Å². The first-order chi connectivity index (χ1) is 13.5. The number of ether oxygens (including phenoxy) is 1. The van der Waals surface area contributed by atoms with Crippen LogP contribution >= 0.6 is 0 Å². The van der Waals surface area contributed by atoms with E-state index >= 15 is 0 Å². The zero-order valence-corrected chi connectivity index (χ0v) is 15.9. The van der Waals surface area contributed by atoms with Gasteiger partial charge in [-0.05, 0) is 17.7 Å². The maximum atomic E-state index is 12.5. The van der Waals surface area contributed by atoms with E-state index < -0.39 is 24.4 Å². The average Bonchev–Trinajstić information content (AvgIpc) is 2.97. The molecular formula is C21H27N3O4. The summed E-state index contributed by atoms with van der Waals surface area (Å²) in [7, 11) is 1.72. The minimum absolute atomic E-state index is 0.0261. The molecule has 3 rings (SSSR count). The van der Waals surface area contributed by atoms with Crippen LogP contribution in [0.3, 0.4) is 0 Å². The van der Waals surface area contributed by atoms with Crippen LogP contribution in [-0.2, 0) is 22.6 Å². The summed E-state index contributed by atoms with van der Waals surface area (Å²) in [4.78, 5) is 18.3. The van der Waals surface area contributed by atoms with Crippen LogP contribution in [0.1, 0.15) is 17.7 Å². The van der Waals surface area contributed by atoms with E-state index in [1.54, 1.807) is 18.1 Å². The fourth-order valence-electron chi connectivity index (χ4n) is 3.28. The predicted molar refractivity (Wildman–Crippen MR) is 104 cm³/mol. The lowest BCUT2D eigenvalue weighted by molar-refractivity contribution is -0.134. The largest absolute Gasteiger partial charge is 0.388 e. The number of nitrogens with zero attached hydrogens (tertiary/aromatic N) is 2. The molecule has 0 aliphatic carbocycles. The highest BCUT2D eigenvalue weighted by molar-refractivity contribution is 5.76. The van der Waals surface area contributed by atoms with Gasteiger partial charge in [0.15, 0.2) is 0 Å². The number of benzene rings is 1. The van der Waals surface area contributed by atoms with Gasteiger partial charge in [0.25, 0.3) is 0 Å². The Morgan fingerprint density at radius 2 is 1.82 bits per heavy atom. The zero-order valence-electron chi connectivity index (χ0n) is 15.9. The number of aromatic nitrogens is 1. The minimum atomic E-state index is -1.09. The molecule has 150 valence electrons. The second-order valence-electron chi connectivity index (χ2n) is 7.09. The summed E-state index contributed by atoms with van der Waals surface area (Å²) in [6.07, 6.45) is -1.67. The summed E-state index contributed by atoms with van der Waals surface area (Å²) in [5.41, 5.74) is 1.91. The summed E-state index contributed by atoms with van der Waals surface area (Å²) >= 11 is 0. The van der Waals surface area contributed by atoms with E-state index in [1.165, 1.54) is 0 Å². The SMILES string of the molecule is CN(Cc1ccccc1)C(=O)CC1OC(CNCc2ccccn2)C(O)C1O. The van der Waals surface area contributed by atoms with Gasteiger partial charge in [-0.1, -0.05) is 36.4 Å². The Morgan fingerprint density at radius 1 is 1.11 bits per heavy atom. The van der Waals surface area contributed by atoms with E-state index in [4.69, 9.17) is 4.74 Å². The van der Waals surface area contributed by atoms with E-state index in [1.807, 2.05) is 48.5 Å². The molecule has 0 bridgehead atoms. The molecule has 0 saturated carbocycles. The molecule has 0 radical (unpaired) electrons. The number of hydrogen-bond donors (Lipinski definition) is 3. The minimum Gasteiger partial charge on any atom is -0.388 e. The van der Waals surface area contributed by atoms with Crippen molar-refractivity contribution in [2.75, 3.05) is 13.6 Å². The van der Waals surface area contributed by atoms with E-state index in [9.17, 15) is 15.0 Å². The van der Waals surface area contributed by atoms with E-state index in [0.29, 0.717) is 19.6 Å². The van der Waals surface area contributed by atoms with Crippen LogP contribution in [0, 0.1) is 0 Å². The molecule has 7 heteroatoms. The van der Waals surface area contributed by atoms with Crippen LogP contribution < -0.4 is 5.32 Å². The lowest BCUT2D eigenvalue weighted by Gasteiger charge is -2.21. The van der Waals surface area contributed by atoms with Crippen LogP contribution in [0.5, 0.6) is 0 Å². The third kappa shape index (κ3) is 5.36. The lowest BCUT2D eigenvalue weighted by Crippen LogP contribution is -2.38. The van der Waals surface area contributed by atoms with Gasteiger partial charge in [0.05, 0.1) is 24.3 Å². The van der Waals surface area contributed by atoms with Gasteiger partial charge in [-0.2, -0.15) is 0 Å². The first-order valence-electron chi connectivity index (χ1n) is 9.44. The number of nitrogens with one attached hydrogen (secondary N) is 1. The molecule has 4 unspecified atom stereocenters. The molecule has 0 spiro atoms. The zero-order chi connectivity index (χ0) is 19.9. The van der Waals surface area contributed by atoms with E-state index in [2.05, 4.69) is 10.3 Å². The molecule has 2 heterocycles.